The summed E-state index contributed by atoms with van der Waals surface area (Å²) in [5.74, 6) is 6.36. The number of hydrogen-bond acceptors (Lipinski definition) is 1. The molecule has 40 heavy (non-hydrogen) atoms. The summed E-state index contributed by atoms with van der Waals surface area (Å²) >= 11 is 0. The minimum Gasteiger partial charge on any atom is -1.00 e. The molecule has 0 saturated carbocycles. The van der Waals surface area contributed by atoms with Gasteiger partial charge in [0.05, 0.1) is 7.92 Å². The predicted molar refractivity (Wildman–Crippen MR) is 173 cm³/mol. The average Bonchev–Trinajstić information content (AvgIpc) is 2.90. The summed E-state index contributed by atoms with van der Waals surface area (Å²) in [5, 5.41) is 4.31. The van der Waals surface area contributed by atoms with Crippen LogP contribution in [0, 0.1) is 17.3 Å². The van der Waals surface area contributed by atoms with Crippen molar-refractivity contribution in [3.63, 3.8) is 0 Å². The minimum absolute atomic E-state index is 0. The van der Waals surface area contributed by atoms with Gasteiger partial charge in [-0.15, -0.1) is 0 Å². The SMILES string of the molecule is CC(C)=CC#CC(C)=CC=C1C(C)=CC(=O)CC1(C)C.[Br-].c1ccc([PH+](c2ccccc2)c2ccccc2)cc1. The van der Waals surface area contributed by atoms with E-state index < -0.39 is 7.92 Å². The molecule has 3 heteroatoms. The number of hydrogen-bond donors (Lipinski definition) is 0. The zero-order chi connectivity index (χ0) is 28.3. The second-order valence-corrected chi connectivity index (χ2v) is 13.2. The molecular weight excluding hydrogens is 571 g/mol. The van der Waals surface area contributed by atoms with Crippen molar-refractivity contribution in [1.29, 1.82) is 0 Å². The van der Waals surface area contributed by atoms with Crippen molar-refractivity contribution in [2.75, 3.05) is 0 Å². The highest BCUT2D eigenvalue weighted by Crippen LogP contribution is 2.39. The summed E-state index contributed by atoms with van der Waals surface area (Å²) in [6.07, 6.45) is 8.38. The maximum Gasteiger partial charge on any atom is 0.156 e. The molecule has 0 atom stereocenters. The van der Waals surface area contributed by atoms with E-state index in [0.717, 1.165) is 11.1 Å². The van der Waals surface area contributed by atoms with Crippen molar-refractivity contribution < 1.29 is 21.8 Å². The predicted octanol–water partition coefficient (Wildman–Crippen LogP) is 4.96. The van der Waals surface area contributed by atoms with E-state index in [2.05, 4.69) is 123 Å². The van der Waals surface area contributed by atoms with Crippen LogP contribution in [0.25, 0.3) is 0 Å². The number of halogens is 1. The van der Waals surface area contributed by atoms with Crippen LogP contribution in [-0.2, 0) is 4.79 Å². The lowest BCUT2D eigenvalue weighted by Crippen LogP contribution is -3.00. The van der Waals surface area contributed by atoms with Crippen LogP contribution in [0.1, 0.15) is 48.0 Å². The highest BCUT2D eigenvalue weighted by atomic mass is 79.9. The number of ketones is 1. The largest absolute Gasteiger partial charge is 1.00 e. The Labute approximate surface area is 253 Å². The van der Waals surface area contributed by atoms with Gasteiger partial charge >= 0.3 is 0 Å². The highest BCUT2D eigenvalue weighted by Gasteiger charge is 2.30. The molecule has 0 N–H and O–H groups in total. The molecule has 206 valence electrons. The van der Waals surface area contributed by atoms with Crippen molar-refractivity contribution in [3.05, 3.63) is 138 Å². The third-order valence-corrected chi connectivity index (χ3v) is 9.20. The molecule has 0 amide bonds. The normalized spacial score (nSPS) is 15.1. The van der Waals surface area contributed by atoms with Gasteiger partial charge in [-0.05, 0) is 98.4 Å². The Hall–Kier alpha value is -3.24. The first kappa shape index (κ1) is 33.0. The van der Waals surface area contributed by atoms with Crippen molar-refractivity contribution in [2.45, 2.75) is 48.0 Å². The summed E-state index contributed by atoms with van der Waals surface area (Å²) in [6, 6.07) is 32.5. The van der Waals surface area contributed by atoms with Gasteiger partial charge in [0.25, 0.3) is 0 Å². The van der Waals surface area contributed by atoms with Crippen molar-refractivity contribution in [3.8, 4) is 11.8 Å². The number of allylic oxidation sites excluding steroid dienone is 8. The average molecular weight is 612 g/mol. The molecule has 1 aliphatic rings. The van der Waals surface area contributed by atoms with Gasteiger partial charge in [-0.25, -0.2) is 0 Å². The van der Waals surface area contributed by atoms with Crippen LogP contribution < -0.4 is 32.9 Å². The smallest absolute Gasteiger partial charge is 0.156 e. The van der Waals surface area contributed by atoms with Crippen LogP contribution in [0.5, 0.6) is 0 Å². The van der Waals surface area contributed by atoms with Gasteiger partial charge in [0.2, 0.25) is 0 Å². The third-order valence-electron chi connectivity index (χ3n) is 6.47. The second kappa shape index (κ2) is 16.1. The Kier molecular flexibility index (Phi) is 13.3. The summed E-state index contributed by atoms with van der Waals surface area (Å²) in [5.41, 5.74) is 4.41. The molecule has 0 aliphatic heterocycles. The van der Waals surface area contributed by atoms with Crippen LogP contribution in [0.2, 0.25) is 0 Å². The molecule has 1 nitrogen and oxygen atoms in total. The fourth-order valence-electron chi connectivity index (χ4n) is 4.65. The summed E-state index contributed by atoms with van der Waals surface area (Å²) in [4.78, 5) is 11.6. The number of carbonyl (C=O) groups is 1. The number of benzene rings is 3. The van der Waals surface area contributed by atoms with Gasteiger partial charge in [0.15, 0.2) is 5.78 Å². The van der Waals surface area contributed by atoms with E-state index in [-0.39, 0.29) is 28.2 Å². The molecule has 0 heterocycles. The fourth-order valence-corrected chi connectivity index (χ4v) is 7.23. The molecule has 0 fully saturated rings. The van der Waals surface area contributed by atoms with Gasteiger partial charge in [0, 0.05) is 6.42 Å². The van der Waals surface area contributed by atoms with Crippen LogP contribution in [-0.4, -0.2) is 5.78 Å². The zero-order valence-electron chi connectivity index (χ0n) is 24.5. The van der Waals surface area contributed by atoms with E-state index >= 15 is 0 Å². The number of carbonyl (C=O) groups excluding carboxylic acids is 1. The Morgan fingerprint density at radius 1 is 0.800 bits per heavy atom. The quantitative estimate of drug-likeness (QED) is 0.302. The molecule has 3 aromatic carbocycles. The minimum atomic E-state index is -0.877. The molecule has 0 bridgehead atoms. The van der Waals surface area contributed by atoms with Crippen LogP contribution in [0.3, 0.4) is 0 Å². The van der Waals surface area contributed by atoms with E-state index in [9.17, 15) is 4.79 Å². The maximum atomic E-state index is 11.6. The van der Waals surface area contributed by atoms with Crippen molar-refractivity contribution >= 4 is 29.6 Å². The summed E-state index contributed by atoms with van der Waals surface area (Å²) < 4.78 is 0. The van der Waals surface area contributed by atoms with Gasteiger partial charge in [-0.1, -0.05) is 98.0 Å². The maximum absolute atomic E-state index is 11.6. The van der Waals surface area contributed by atoms with E-state index in [1.807, 2.05) is 39.8 Å². The van der Waals surface area contributed by atoms with Crippen LogP contribution in [0.15, 0.2) is 138 Å². The lowest BCUT2D eigenvalue weighted by molar-refractivity contribution is -0.116. The van der Waals surface area contributed by atoms with Crippen LogP contribution >= 0.6 is 7.92 Å². The molecule has 0 aromatic heterocycles. The van der Waals surface area contributed by atoms with Gasteiger partial charge < -0.3 is 17.0 Å². The molecular formula is C37H40BrOP. The Bertz CT molecular complexity index is 1340. The van der Waals surface area contributed by atoms with Crippen molar-refractivity contribution in [2.24, 2.45) is 5.41 Å². The van der Waals surface area contributed by atoms with Gasteiger partial charge in [-0.2, -0.15) is 0 Å². The molecule has 3 aromatic rings. The molecule has 0 spiro atoms. The first-order valence-corrected chi connectivity index (χ1v) is 15.0. The van der Waals surface area contributed by atoms with E-state index in [1.165, 1.54) is 27.1 Å². The third kappa shape index (κ3) is 10.1. The van der Waals surface area contributed by atoms with E-state index in [1.54, 1.807) is 6.08 Å². The first-order chi connectivity index (χ1) is 18.7. The molecule has 0 saturated heterocycles. The number of rotatable bonds is 4. The fraction of sp³-hybridized carbons (Fsp3) is 0.216. The second-order valence-electron chi connectivity index (χ2n) is 10.7. The summed E-state index contributed by atoms with van der Waals surface area (Å²) in [7, 11) is -0.877. The molecule has 0 unspecified atom stereocenters. The van der Waals surface area contributed by atoms with Gasteiger partial charge in [-0.3, -0.25) is 4.79 Å². The molecule has 0 radical (unpaired) electrons. The lowest BCUT2D eigenvalue weighted by atomic mass is 9.72. The molecule has 1 aliphatic carbocycles. The zero-order valence-corrected chi connectivity index (χ0v) is 27.0. The Morgan fingerprint density at radius 3 is 1.65 bits per heavy atom. The lowest BCUT2D eigenvalue weighted by Gasteiger charge is -2.31. The first-order valence-electron chi connectivity index (χ1n) is 13.5. The van der Waals surface area contributed by atoms with E-state index in [4.69, 9.17) is 0 Å². The monoisotopic (exact) mass is 610 g/mol. The van der Waals surface area contributed by atoms with Crippen LogP contribution in [0.4, 0.5) is 0 Å². The molecule has 4 rings (SSSR count). The Balaban J connectivity index is 0.000000273. The highest BCUT2D eigenvalue weighted by molar-refractivity contribution is 7.79. The van der Waals surface area contributed by atoms with E-state index in [0.29, 0.717) is 6.42 Å². The standard InChI is InChI=1S/C19H24O.C18H15P.BrH/c1-14(2)8-7-9-15(3)10-11-18-16(4)12-17(20)13-19(18,5)6;1-4-10-16(11-5-1)19(17-12-6-2-7-13-17)18-14-8-3-9-15-18;/h8,10-12H,13H2,1-6H3;1-15H;1H. The summed E-state index contributed by atoms with van der Waals surface area (Å²) in [6.45, 7) is 12.3. The topological polar surface area (TPSA) is 17.1 Å². The van der Waals surface area contributed by atoms with Gasteiger partial charge in [0.1, 0.15) is 15.9 Å². The van der Waals surface area contributed by atoms with Crippen molar-refractivity contribution in [1.82, 2.24) is 0 Å². The Morgan fingerprint density at radius 2 is 1.25 bits per heavy atom.